The Morgan fingerprint density at radius 1 is 1.23 bits per heavy atom. The molecule has 2 aliphatic rings. The van der Waals surface area contributed by atoms with E-state index < -0.39 is 21.7 Å². The van der Waals surface area contributed by atoms with Crippen LogP contribution in [0.1, 0.15) is 12.8 Å². The molecule has 2 aliphatic heterocycles. The van der Waals surface area contributed by atoms with E-state index in [1.165, 1.54) is 11.8 Å². The summed E-state index contributed by atoms with van der Waals surface area (Å²) in [5.41, 5.74) is 0.585. The number of hydrogen-bond donors (Lipinski definition) is 1. The number of carboxylic acids is 1. The summed E-state index contributed by atoms with van der Waals surface area (Å²) in [6.45, 7) is 0. The molecular formula is C15H14Cl2N2O5S2. The molecule has 1 aromatic rings. The summed E-state index contributed by atoms with van der Waals surface area (Å²) < 4.78 is 24.0. The van der Waals surface area contributed by atoms with E-state index in [0.29, 0.717) is 20.9 Å². The molecule has 0 bridgehead atoms. The number of benzene rings is 1. The maximum atomic E-state index is 12.0. The molecule has 11 heteroatoms. The van der Waals surface area contributed by atoms with Crippen molar-refractivity contribution in [3.8, 4) is 0 Å². The summed E-state index contributed by atoms with van der Waals surface area (Å²) in [5.74, 6) is -1.69. The lowest BCUT2D eigenvalue weighted by molar-refractivity contribution is -0.138. The van der Waals surface area contributed by atoms with E-state index in [-0.39, 0.29) is 35.6 Å². The zero-order chi connectivity index (χ0) is 19.1. The van der Waals surface area contributed by atoms with Gasteiger partial charge in [-0.15, -0.1) is 0 Å². The minimum atomic E-state index is -3.18. The number of thioether (sulfide) groups is 1. The predicted molar refractivity (Wildman–Crippen MR) is 102 cm³/mol. The van der Waals surface area contributed by atoms with E-state index in [9.17, 15) is 18.0 Å². The van der Waals surface area contributed by atoms with Gasteiger partial charge >= 0.3 is 5.97 Å². The Balaban J connectivity index is 1.94. The van der Waals surface area contributed by atoms with Crippen molar-refractivity contribution in [2.75, 3.05) is 16.4 Å². The number of amidine groups is 1. The number of carboxylic acid groups (broad SMARTS) is 1. The van der Waals surface area contributed by atoms with Gasteiger partial charge in [0.25, 0.3) is 0 Å². The third-order valence-electron chi connectivity index (χ3n) is 4.02. The maximum absolute atomic E-state index is 12.0. The highest BCUT2D eigenvalue weighted by Gasteiger charge is 2.49. The minimum Gasteiger partial charge on any atom is -0.481 e. The topological polar surface area (TPSA) is 104 Å². The van der Waals surface area contributed by atoms with Crippen LogP contribution in [0.4, 0.5) is 5.69 Å². The first-order valence-corrected chi connectivity index (χ1v) is 11.1. The average molecular weight is 437 g/mol. The quantitative estimate of drug-likeness (QED) is 0.772. The molecule has 0 aliphatic carbocycles. The fourth-order valence-electron chi connectivity index (χ4n) is 2.88. The molecule has 7 nitrogen and oxygen atoms in total. The number of aliphatic imine (C=N–C) groups is 1. The number of amides is 1. The van der Waals surface area contributed by atoms with Crippen LogP contribution < -0.4 is 4.90 Å². The molecule has 1 N–H and O–H groups in total. The Bertz CT molecular complexity index is 903. The number of rotatable bonds is 4. The van der Waals surface area contributed by atoms with Crippen LogP contribution in [-0.2, 0) is 19.4 Å². The second kappa shape index (κ2) is 7.38. The molecule has 0 aromatic heterocycles. The third kappa shape index (κ3) is 4.16. The summed E-state index contributed by atoms with van der Waals surface area (Å²) in [4.78, 5) is 28.3. The summed E-state index contributed by atoms with van der Waals surface area (Å²) in [6, 6.07) is 4.49. The highest BCUT2D eigenvalue weighted by atomic mass is 35.5. The number of anilines is 1. The van der Waals surface area contributed by atoms with Crippen molar-refractivity contribution in [1.82, 2.24) is 0 Å². The fraction of sp³-hybridized carbons (Fsp3) is 0.400. The van der Waals surface area contributed by atoms with Crippen molar-refractivity contribution in [2.45, 2.75) is 24.1 Å². The average Bonchev–Trinajstić information content (AvgIpc) is 2.99. The molecule has 0 spiro atoms. The first-order chi connectivity index (χ1) is 12.2. The molecule has 2 heterocycles. The zero-order valence-electron chi connectivity index (χ0n) is 13.3. The largest absolute Gasteiger partial charge is 0.481 e. The molecular weight excluding hydrogens is 423 g/mol. The highest BCUT2D eigenvalue weighted by molar-refractivity contribution is 8.16. The third-order valence-corrected chi connectivity index (χ3v) is 7.97. The Hall–Kier alpha value is -1.29. The van der Waals surface area contributed by atoms with Crippen molar-refractivity contribution >= 4 is 67.5 Å². The van der Waals surface area contributed by atoms with Crippen LogP contribution in [0.5, 0.6) is 0 Å². The Morgan fingerprint density at radius 2 is 1.96 bits per heavy atom. The molecule has 1 amide bonds. The maximum Gasteiger partial charge on any atom is 0.303 e. The Labute approximate surface area is 164 Å². The highest BCUT2D eigenvalue weighted by Crippen LogP contribution is 2.42. The number of sulfone groups is 1. The molecule has 26 heavy (non-hydrogen) atoms. The molecule has 3 rings (SSSR count). The van der Waals surface area contributed by atoms with Gasteiger partial charge < -0.3 is 10.0 Å². The number of halogens is 2. The van der Waals surface area contributed by atoms with Gasteiger partial charge in [0.15, 0.2) is 15.0 Å². The first kappa shape index (κ1) is 19.5. The van der Waals surface area contributed by atoms with Crippen molar-refractivity contribution in [3.05, 3.63) is 28.2 Å². The van der Waals surface area contributed by atoms with Gasteiger partial charge in [0.2, 0.25) is 5.91 Å². The number of hydrogen-bond acceptors (Lipinski definition) is 5. The minimum absolute atomic E-state index is 0.00247. The second-order valence-corrected chi connectivity index (χ2v) is 10.1. The van der Waals surface area contributed by atoms with E-state index in [1.54, 1.807) is 23.1 Å². The van der Waals surface area contributed by atoms with Crippen molar-refractivity contribution in [1.29, 1.82) is 0 Å². The molecule has 0 radical (unpaired) electrons. The molecule has 2 atom stereocenters. The van der Waals surface area contributed by atoms with Crippen LogP contribution >= 0.6 is 35.0 Å². The van der Waals surface area contributed by atoms with Crippen molar-refractivity contribution < 1.29 is 23.1 Å². The van der Waals surface area contributed by atoms with Crippen LogP contribution in [0, 0.1) is 0 Å². The number of aliphatic carboxylic acids is 1. The van der Waals surface area contributed by atoms with E-state index in [0.717, 1.165) is 0 Å². The number of fused-ring (bicyclic) bond motifs is 1. The van der Waals surface area contributed by atoms with E-state index in [1.807, 2.05) is 0 Å². The van der Waals surface area contributed by atoms with E-state index in [4.69, 9.17) is 28.3 Å². The van der Waals surface area contributed by atoms with Gasteiger partial charge in [-0.05, 0) is 18.2 Å². The molecule has 0 saturated carbocycles. The fourth-order valence-corrected chi connectivity index (χ4v) is 7.10. The lowest BCUT2D eigenvalue weighted by Crippen LogP contribution is -2.37. The van der Waals surface area contributed by atoms with Crippen molar-refractivity contribution in [3.63, 3.8) is 0 Å². The number of carbonyl (C=O) groups excluding carboxylic acids is 1. The standard InChI is InChI=1S/C15H14Cl2N2O5S2/c16-9-2-1-8(5-10(9)17)19-11-6-26(23,24)7-12(11)25-15(19)18-13(20)3-4-14(21)22/h1-2,5,11-12H,3-4,6-7H2,(H,21,22). The summed E-state index contributed by atoms with van der Waals surface area (Å²) >= 11 is 13.2. The van der Waals surface area contributed by atoms with Crippen LogP contribution in [-0.4, -0.2) is 53.4 Å². The number of carbonyl (C=O) groups is 2. The monoisotopic (exact) mass is 436 g/mol. The van der Waals surface area contributed by atoms with Crippen LogP contribution in [0.2, 0.25) is 10.0 Å². The normalized spacial score (nSPS) is 25.5. The zero-order valence-corrected chi connectivity index (χ0v) is 16.4. The molecule has 2 saturated heterocycles. The Morgan fingerprint density at radius 3 is 2.62 bits per heavy atom. The van der Waals surface area contributed by atoms with Gasteiger partial charge in [-0.2, -0.15) is 4.99 Å². The van der Waals surface area contributed by atoms with Crippen molar-refractivity contribution in [2.24, 2.45) is 4.99 Å². The Kier molecular flexibility index (Phi) is 5.53. The van der Waals surface area contributed by atoms with Crippen LogP contribution in [0.15, 0.2) is 23.2 Å². The van der Waals surface area contributed by atoms with Crippen LogP contribution in [0.25, 0.3) is 0 Å². The first-order valence-electron chi connectivity index (χ1n) is 7.61. The molecule has 2 unspecified atom stereocenters. The lowest BCUT2D eigenvalue weighted by Gasteiger charge is -2.24. The van der Waals surface area contributed by atoms with Gasteiger partial charge in [0.1, 0.15) is 0 Å². The predicted octanol–water partition coefficient (Wildman–Crippen LogP) is 2.46. The van der Waals surface area contributed by atoms with E-state index >= 15 is 0 Å². The SMILES string of the molecule is O=C(O)CCC(=O)N=C1SC2CS(=O)(=O)CC2N1c1ccc(Cl)c(Cl)c1. The summed E-state index contributed by atoms with van der Waals surface area (Å²) in [5, 5.41) is 9.45. The smallest absolute Gasteiger partial charge is 0.303 e. The summed E-state index contributed by atoms with van der Waals surface area (Å²) in [7, 11) is -3.18. The van der Waals surface area contributed by atoms with Gasteiger partial charge in [0, 0.05) is 17.4 Å². The van der Waals surface area contributed by atoms with Crippen LogP contribution in [0.3, 0.4) is 0 Å². The van der Waals surface area contributed by atoms with E-state index in [2.05, 4.69) is 4.99 Å². The second-order valence-electron chi connectivity index (χ2n) is 5.95. The molecule has 1 aromatic carbocycles. The molecule has 2 fully saturated rings. The van der Waals surface area contributed by atoms with Gasteiger partial charge in [-0.25, -0.2) is 8.42 Å². The van der Waals surface area contributed by atoms with Gasteiger partial charge in [-0.3, -0.25) is 9.59 Å². The van der Waals surface area contributed by atoms with Gasteiger partial charge in [0.05, 0.1) is 34.0 Å². The summed E-state index contributed by atoms with van der Waals surface area (Å²) in [6.07, 6.45) is -0.531. The number of nitrogens with zero attached hydrogens (tertiary/aromatic N) is 2. The molecule has 140 valence electrons. The lowest BCUT2D eigenvalue weighted by atomic mass is 10.2. The van der Waals surface area contributed by atoms with Gasteiger partial charge in [-0.1, -0.05) is 35.0 Å².